The Balaban J connectivity index is 1.49. The maximum atomic E-state index is 4.06. The molecule has 4 fully saturated rings. The summed E-state index contributed by atoms with van der Waals surface area (Å²) in [6.07, 6.45) is 11.5. The molecule has 1 unspecified atom stereocenters. The predicted molar refractivity (Wildman–Crippen MR) is 71.0 cm³/mol. The SMILES string of the molecule is CC(NC1C2CC3CC(C2)CC1C3)c1cn[nH]c1. The second kappa shape index (κ2) is 4.09. The third kappa shape index (κ3) is 1.71. The molecular formula is C15H23N3. The van der Waals surface area contributed by atoms with Gasteiger partial charge in [0.1, 0.15) is 0 Å². The molecule has 4 aliphatic rings. The van der Waals surface area contributed by atoms with E-state index in [-0.39, 0.29) is 0 Å². The highest BCUT2D eigenvalue weighted by atomic mass is 15.1. The molecule has 0 spiro atoms. The highest BCUT2D eigenvalue weighted by molar-refractivity contribution is 5.10. The molecule has 4 bridgehead atoms. The lowest BCUT2D eigenvalue weighted by Gasteiger charge is -2.55. The number of hydrogen-bond acceptors (Lipinski definition) is 2. The molecule has 4 saturated carbocycles. The quantitative estimate of drug-likeness (QED) is 0.859. The van der Waals surface area contributed by atoms with Gasteiger partial charge in [-0.05, 0) is 62.7 Å². The summed E-state index contributed by atoms with van der Waals surface area (Å²) in [5, 5.41) is 10.9. The van der Waals surface area contributed by atoms with Gasteiger partial charge >= 0.3 is 0 Å². The van der Waals surface area contributed by atoms with Gasteiger partial charge in [0.25, 0.3) is 0 Å². The Morgan fingerprint density at radius 3 is 2.39 bits per heavy atom. The molecule has 1 aromatic rings. The maximum absolute atomic E-state index is 4.06. The summed E-state index contributed by atoms with van der Waals surface area (Å²) in [6.45, 7) is 2.27. The second-order valence-corrected chi connectivity index (χ2v) is 6.88. The molecule has 0 radical (unpaired) electrons. The van der Waals surface area contributed by atoms with Crippen molar-refractivity contribution in [3.05, 3.63) is 18.0 Å². The van der Waals surface area contributed by atoms with Crippen LogP contribution in [0.1, 0.15) is 50.6 Å². The van der Waals surface area contributed by atoms with Crippen molar-refractivity contribution in [3.63, 3.8) is 0 Å². The number of aromatic amines is 1. The van der Waals surface area contributed by atoms with Crippen molar-refractivity contribution < 1.29 is 0 Å². The van der Waals surface area contributed by atoms with E-state index in [2.05, 4.69) is 22.4 Å². The van der Waals surface area contributed by atoms with E-state index in [1.165, 1.54) is 37.7 Å². The van der Waals surface area contributed by atoms with E-state index in [4.69, 9.17) is 0 Å². The predicted octanol–water partition coefficient (Wildman–Crippen LogP) is 2.89. The first-order chi connectivity index (χ1) is 8.79. The van der Waals surface area contributed by atoms with Crippen LogP contribution in [0.15, 0.2) is 12.4 Å². The number of rotatable bonds is 3. The first-order valence-corrected chi connectivity index (χ1v) is 7.54. The summed E-state index contributed by atoms with van der Waals surface area (Å²) < 4.78 is 0. The molecule has 4 aliphatic carbocycles. The second-order valence-electron chi connectivity index (χ2n) is 6.88. The Morgan fingerprint density at radius 1 is 1.17 bits per heavy atom. The van der Waals surface area contributed by atoms with Crippen molar-refractivity contribution in [2.24, 2.45) is 23.7 Å². The van der Waals surface area contributed by atoms with Gasteiger partial charge < -0.3 is 5.32 Å². The van der Waals surface area contributed by atoms with Crippen LogP contribution in [-0.2, 0) is 0 Å². The monoisotopic (exact) mass is 245 g/mol. The smallest absolute Gasteiger partial charge is 0.0534 e. The van der Waals surface area contributed by atoms with Gasteiger partial charge in [-0.3, -0.25) is 5.10 Å². The number of nitrogens with zero attached hydrogens (tertiary/aromatic N) is 1. The fourth-order valence-electron chi connectivity index (χ4n) is 5.08. The lowest BCUT2D eigenvalue weighted by atomic mass is 9.54. The summed E-state index contributed by atoms with van der Waals surface area (Å²) in [5.41, 5.74) is 1.30. The fourth-order valence-corrected chi connectivity index (χ4v) is 5.08. The molecule has 0 saturated heterocycles. The van der Waals surface area contributed by atoms with E-state index in [0.717, 1.165) is 29.7 Å². The zero-order valence-corrected chi connectivity index (χ0v) is 11.1. The third-order valence-corrected chi connectivity index (χ3v) is 5.69. The van der Waals surface area contributed by atoms with Gasteiger partial charge in [-0.15, -0.1) is 0 Å². The fraction of sp³-hybridized carbons (Fsp3) is 0.800. The van der Waals surface area contributed by atoms with Crippen LogP contribution in [0.2, 0.25) is 0 Å². The van der Waals surface area contributed by atoms with Crippen molar-refractivity contribution in [3.8, 4) is 0 Å². The van der Waals surface area contributed by atoms with Gasteiger partial charge in [-0.1, -0.05) is 0 Å². The highest BCUT2D eigenvalue weighted by Gasteiger charge is 2.48. The van der Waals surface area contributed by atoms with Crippen LogP contribution in [0.5, 0.6) is 0 Å². The molecule has 2 N–H and O–H groups in total. The van der Waals surface area contributed by atoms with E-state index in [1.54, 1.807) is 0 Å². The Bertz CT molecular complexity index is 383. The average molecular weight is 245 g/mol. The molecule has 1 atom stereocenters. The zero-order valence-electron chi connectivity index (χ0n) is 11.1. The molecule has 1 aromatic heterocycles. The largest absolute Gasteiger partial charge is 0.307 e. The number of hydrogen-bond donors (Lipinski definition) is 2. The Hall–Kier alpha value is -0.830. The number of aromatic nitrogens is 2. The molecule has 3 heteroatoms. The minimum absolute atomic E-state index is 0.436. The highest BCUT2D eigenvalue weighted by Crippen LogP contribution is 2.54. The molecular weight excluding hydrogens is 222 g/mol. The minimum Gasteiger partial charge on any atom is -0.307 e. The molecule has 0 aromatic carbocycles. The lowest BCUT2D eigenvalue weighted by Crippen LogP contribution is -2.54. The van der Waals surface area contributed by atoms with Crippen LogP contribution in [0.25, 0.3) is 0 Å². The Kier molecular flexibility index (Phi) is 2.51. The van der Waals surface area contributed by atoms with Gasteiger partial charge in [0.15, 0.2) is 0 Å². The van der Waals surface area contributed by atoms with Crippen LogP contribution in [0.4, 0.5) is 0 Å². The molecule has 18 heavy (non-hydrogen) atoms. The minimum atomic E-state index is 0.436. The zero-order chi connectivity index (χ0) is 12.1. The average Bonchev–Trinajstić information content (AvgIpc) is 2.86. The van der Waals surface area contributed by atoms with E-state index >= 15 is 0 Å². The van der Waals surface area contributed by atoms with Crippen molar-refractivity contribution >= 4 is 0 Å². The van der Waals surface area contributed by atoms with Crippen molar-refractivity contribution in [2.75, 3.05) is 0 Å². The summed E-state index contributed by atoms with van der Waals surface area (Å²) >= 11 is 0. The summed E-state index contributed by atoms with van der Waals surface area (Å²) in [6, 6.07) is 1.20. The van der Waals surface area contributed by atoms with Crippen LogP contribution >= 0.6 is 0 Å². The first kappa shape index (κ1) is 11.0. The van der Waals surface area contributed by atoms with E-state index in [0.29, 0.717) is 6.04 Å². The topological polar surface area (TPSA) is 40.7 Å². The number of nitrogens with one attached hydrogen (secondary N) is 2. The van der Waals surface area contributed by atoms with Crippen molar-refractivity contribution in [1.29, 1.82) is 0 Å². The molecule has 0 aliphatic heterocycles. The Labute approximate surface area is 109 Å². The number of H-pyrrole nitrogens is 1. The third-order valence-electron chi connectivity index (χ3n) is 5.69. The van der Waals surface area contributed by atoms with Crippen LogP contribution in [0.3, 0.4) is 0 Å². The van der Waals surface area contributed by atoms with E-state index in [9.17, 15) is 0 Å². The maximum Gasteiger partial charge on any atom is 0.0534 e. The Morgan fingerprint density at radius 2 is 1.83 bits per heavy atom. The summed E-state index contributed by atoms with van der Waals surface area (Å²) in [4.78, 5) is 0. The molecule has 1 heterocycles. The first-order valence-electron chi connectivity index (χ1n) is 7.54. The molecule has 98 valence electrons. The van der Waals surface area contributed by atoms with Gasteiger partial charge in [0, 0.05) is 23.8 Å². The van der Waals surface area contributed by atoms with Gasteiger partial charge in [-0.25, -0.2) is 0 Å². The van der Waals surface area contributed by atoms with Gasteiger partial charge in [0.05, 0.1) is 6.20 Å². The van der Waals surface area contributed by atoms with Crippen molar-refractivity contribution in [2.45, 2.75) is 51.1 Å². The standard InChI is InChI=1S/C15H23N3/c1-9(14-7-16-17-8-14)18-15-12-3-10-2-11(5-12)6-13(15)4-10/h7-13,15,18H,2-6H2,1H3,(H,16,17). The lowest BCUT2D eigenvalue weighted by molar-refractivity contribution is -0.0171. The normalized spacial score (nSPS) is 43.3. The van der Waals surface area contributed by atoms with E-state index in [1.807, 2.05) is 12.4 Å². The van der Waals surface area contributed by atoms with Gasteiger partial charge in [0.2, 0.25) is 0 Å². The van der Waals surface area contributed by atoms with Crippen LogP contribution in [-0.4, -0.2) is 16.2 Å². The van der Waals surface area contributed by atoms with Crippen molar-refractivity contribution in [1.82, 2.24) is 15.5 Å². The summed E-state index contributed by atoms with van der Waals surface area (Å²) in [5.74, 6) is 4.04. The van der Waals surface area contributed by atoms with Crippen LogP contribution in [0, 0.1) is 23.7 Å². The van der Waals surface area contributed by atoms with Gasteiger partial charge in [-0.2, -0.15) is 5.10 Å². The molecule has 0 amide bonds. The molecule has 3 nitrogen and oxygen atoms in total. The van der Waals surface area contributed by atoms with Crippen LogP contribution < -0.4 is 5.32 Å². The summed E-state index contributed by atoms with van der Waals surface area (Å²) in [7, 11) is 0. The van der Waals surface area contributed by atoms with E-state index < -0.39 is 0 Å². The molecule has 5 rings (SSSR count).